The molecule has 1 rings (SSSR count). The number of hydrogen-bond donors (Lipinski definition) is 3. The van der Waals surface area contributed by atoms with Crippen LogP contribution in [0.3, 0.4) is 0 Å². The van der Waals surface area contributed by atoms with Crippen LogP contribution in [-0.4, -0.2) is 37.0 Å². The molecule has 0 unspecified atom stereocenters. The summed E-state index contributed by atoms with van der Waals surface area (Å²) in [6, 6.07) is 0.345. The molecule has 0 aliphatic carbocycles. The number of nitrogens with two attached hydrogens (primary N) is 2. The minimum Gasteiger partial charge on any atom is -0.369 e. The van der Waals surface area contributed by atoms with Gasteiger partial charge in [-0.05, 0) is 33.0 Å². The number of rotatable bonds is 1. The second-order valence-electron chi connectivity index (χ2n) is 3.19. The van der Waals surface area contributed by atoms with Gasteiger partial charge in [0.2, 0.25) is 5.96 Å². The molecule has 12 heavy (non-hydrogen) atoms. The molecule has 0 amide bonds. The van der Waals surface area contributed by atoms with E-state index in [0.29, 0.717) is 12.0 Å². The van der Waals surface area contributed by atoms with Gasteiger partial charge in [0.25, 0.3) is 0 Å². The highest BCUT2D eigenvalue weighted by atomic mass is 15.3. The van der Waals surface area contributed by atoms with E-state index in [9.17, 15) is 0 Å². The average molecular weight is 171 g/mol. The van der Waals surface area contributed by atoms with Gasteiger partial charge < -0.3 is 10.6 Å². The monoisotopic (exact) mass is 171 g/mol. The summed E-state index contributed by atoms with van der Waals surface area (Å²) in [5.41, 5.74) is 7.78. The molecule has 1 fully saturated rings. The Hall–Kier alpha value is -0.810. The minimum absolute atomic E-state index is 0.338. The van der Waals surface area contributed by atoms with Gasteiger partial charge in [-0.25, -0.2) is 10.8 Å². The first-order valence-corrected chi connectivity index (χ1v) is 4.21. The topological polar surface area (TPSA) is 79.7 Å². The molecule has 0 aromatic rings. The highest BCUT2D eigenvalue weighted by molar-refractivity contribution is 5.77. The van der Waals surface area contributed by atoms with Gasteiger partial charge in [0.1, 0.15) is 0 Å². The summed E-state index contributed by atoms with van der Waals surface area (Å²) < 4.78 is 0. The third-order valence-electron chi connectivity index (χ3n) is 2.16. The lowest BCUT2D eigenvalue weighted by molar-refractivity contribution is 0.257. The van der Waals surface area contributed by atoms with Gasteiger partial charge in [-0.15, -0.1) is 0 Å². The Morgan fingerprint density at radius 3 is 2.58 bits per heavy atom. The Morgan fingerprint density at radius 1 is 1.50 bits per heavy atom. The SMILES string of the molecule is CN1CCC(N=C(N)NN)CC1. The molecule has 1 saturated heterocycles. The Kier molecular flexibility index (Phi) is 3.31. The standard InChI is InChI=1S/C7H17N5/c1-12-4-2-6(3-5-12)10-7(8)11-9/h6H,2-5,9H2,1H3,(H3,8,10,11). The Labute approximate surface area is 72.8 Å². The van der Waals surface area contributed by atoms with E-state index in [-0.39, 0.29) is 0 Å². The van der Waals surface area contributed by atoms with E-state index in [1.165, 1.54) is 0 Å². The van der Waals surface area contributed by atoms with Gasteiger partial charge in [0.05, 0.1) is 6.04 Å². The predicted octanol–water partition coefficient (Wildman–Crippen LogP) is -1.14. The lowest BCUT2D eigenvalue weighted by Gasteiger charge is -2.26. The van der Waals surface area contributed by atoms with Crippen molar-refractivity contribution in [3.05, 3.63) is 0 Å². The Balaban J connectivity index is 2.35. The third-order valence-corrected chi connectivity index (χ3v) is 2.16. The molecule has 5 N–H and O–H groups in total. The van der Waals surface area contributed by atoms with Crippen molar-refractivity contribution in [3.63, 3.8) is 0 Å². The molecule has 1 aliphatic rings. The Bertz CT molecular complexity index is 159. The highest BCUT2D eigenvalue weighted by Gasteiger charge is 2.15. The molecule has 0 saturated carbocycles. The van der Waals surface area contributed by atoms with Crippen molar-refractivity contribution in [2.45, 2.75) is 18.9 Å². The van der Waals surface area contributed by atoms with E-state index in [1.807, 2.05) is 0 Å². The van der Waals surface area contributed by atoms with Crippen LogP contribution in [-0.2, 0) is 0 Å². The second kappa shape index (κ2) is 4.27. The molecule has 0 spiro atoms. The van der Waals surface area contributed by atoms with Crippen molar-refractivity contribution in [1.29, 1.82) is 0 Å². The van der Waals surface area contributed by atoms with E-state index < -0.39 is 0 Å². The second-order valence-corrected chi connectivity index (χ2v) is 3.19. The fourth-order valence-corrected chi connectivity index (χ4v) is 1.36. The molecule has 5 nitrogen and oxygen atoms in total. The molecule has 0 radical (unpaired) electrons. The lowest BCUT2D eigenvalue weighted by Crippen LogP contribution is -2.40. The number of nitrogens with zero attached hydrogens (tertiary/aromatic N) is 2. The van der Waals surface area contributed by atoms with Crippen LogP contribution in [0.2, 0.25) is 0 Å². The zero-order valence-corrected chi connectivity index (χ0v) is 7.45. The fourth-order valence-electron chi connectivity index (χ4n) is 1.36. The maximum Gasteiger partial charge on any atom is 0.203 e. The van der Waals surface area contributed by atoms with Gasteiger partial charge >= 0.3 is 0 Å². The first kappa shape index (κ1) is 9.28. The van der Waals surface area contributed by atoms with E-state index in [2.05, 4.69) is 22.4 Å². The van der Waals surface area contributed by atoms with Gasteiger partial charge in [-0.3, -0.25) is 5.43 Å². The summed E-state index contributed by atoms with van der Waals surface area (Å²) in [6.07, 6.45) is 2.14. The van der Waals surface area contributed by atoms with Gasteiger partial charge in [0, 0.05) is 0 Å². The Morgan fingerprint density at radius 2 is 2.08 bits per heavy atom. The minimum atomic E-state index is 0.338. The van der Waals surface area contributed by atoms with Crippen molar-refractivity contribution in [2.75, 3.05) is 20.1 Å². The number of aliphatic imine (C=N–C) groups is 1. The van der Waals surface area contributed by atoms with E-state index in [0.717, 1.165) is 25.9 Å². The maximum atomic E-state index is 5.44. The molecule has 1 aliphatic heterocycles. The quantitative estimate of drug-likeness (QED) is 0.202. The lowest BCUT2D eigenvalue weighted by atomic mass is 10.1. The average Bonchev–Trinajstić information content (AvgIpc) is 2.09. The molecule has 0 atom stereocenters. The normalized spacial score (nSPS) is 22.7. The van der Waals surface area contributed by atoms with E-state index in [1.54, 1.807) is 0 Å². The summed E-state index contributed by atoms with van der Waals surface area (Å²) in [5, 5.41) is 0. The summed E-state index contributed by atoms with van der Waals surface area (Å²) in [5.74, 6) is 5.44. The van der Waals surface area contributed by atoms with E-state index >= 15 is 0 Å². The number of nitrogens with one attached hydrogen (secondary N) is 1. The fraction of sp³-hybridized carbons (Fsp3) is 0.857. The largest absolute Gasteiger partial charge is 0.369 e. The van der Waals surface area contributed by atoms with Crippen LogP contribution >= 0.6 is 0 Å². The van der Waals surface area contributed by atoms with Crippen LogP contribution < -0.4 is 17.0 Å². The molecule has 0 aromatic carbocycles. The summed E-state index contributed by atoms with van der Waals surface area (Å²) in [7, 11) is 2.12. The first-order valence-electron chi connectivity index (χ1n) is 4.21. The van der Waals surface area contributed by atoms with Crippen molar-refractivity contribution in [1.82, 2.24) is 10.3 Å². The van der Waals surface area contributed by atoms with Crippen LogP contribution in [0.15, 0.2) is 4.99 Å². The van der Waals surface area contributed by atoms with Crippen LogP contribution in [0.5, 0.6) is 0 Å². The third kappa shape index (κ3) is 2.67. The number of piperidine rings is 1. The van der Waals surface area contributed by atoms with Gasteiger partial charge in [-0.1, -0.05) is 0 Å². The van der Waals surface area contributed by atoms with Gasteiger partial charge in [0.15, 0.2) is 0 Å². The van der Waals surface area contributed by atoms with E-state index in [4.69, 9.17) is 11.6 Å². The van der Waals surface area contributed by atoms with Crippen molar-refractivity contribution < 1.29 is 0 Å². The predicted molar refractivity (Wildman–Crippen MR) is 49.5 cm³/mol. The molecule has 0 aromatic heterocycles. The summed E-state index contributed by atoms with van der Waals surface area (Å²) in [4.78, 5) is 6.51. The maximum absolute atomic E-state index is 5.44. The number of hydrogen-bond acceptors (Lipinski definition) is 3. The van der Waals surface area contributed by atoms with Crippen LogP contribution in [0, 0.1) is 0 Å². The van der Waals surface area contributed by atoms with Crippen molar-refractivity contribution in [3.8, 4) is 0 Å². The molecule has 70 valence electrons. The van der Waals surface area contributed by atoms with Crippen molar-refractivity contribution >= 4 is 5.96 Å². The van der Waals surface area contributed by atoms with Crippen LogP contribution in [0.4, 0.5) is 0 Å². The molecular formula is C7H17N5. The smallest absolute Gasteiger partial charge is 0.203 e. The molecular weight excluding hydrogens is 154 g/mol. The van der Waals surface area contributed by atoms with Crippen LogP contribution in [0.25, 0.3) is 0 Å². The highest BCUT2D eigenvalue weighted by Crippen LogP contribution is 2.11. The first-order chi connectivity index (χ1) is 5.72. The number of guanidine groups is 1. The molecule has 1 heterocycles. The molecule has 0 bridgehead atoms. The number of likely N-dealkylation sites (tertiary alicyclic amines) is 1. The van der Waals surface area contributed by atoms with Crippen LogP contribution in [0.1, 0.15) is 12.8 Å². The van der Waals surface area contributed by atoms with Crippen molar-refractivity contribution in [2.24, 2.45) is 16.6 Å². The summed E-state index contributed by atoms with van der Waals surface area (Å²) in [6.45, 7) is 2.18. The summed E-state index contributed by atoms with van der Waals surface area (Å²) >= 11 is 0. The molecule has 5 heteroatoms. The zero-order valence-electron chi connectivity index (χ0n) is 7.45. The number of hydrazine groups is 1. The van der Waals surface area contributed by atoms with Gasteiger partial charge in [-0.2, -0.15) is 0 Å². The zero-order chi connectivity index (χ0) is 8.97.